The van der Waals surface area contributed by atoms with Crippen LogP contribution in [0.5, 0.6) is 0 Å². The number of hydrogen-bond donors (Lipinski definition) is 1. The van der Waals surface area contributed by atoms with Gasteiger partial charge in [0.15, 0.2) is 0 Å². The standard InChI is InChI=1S/C14H21FN2/c1-11-8-13(15)6-5-12(11)10-17-7-3-2-4-14(17)9-16/h5-6,8,14H,2-4,7,9-10,16H2,1H3. The second-order valence-electron chi connectivity index (χ2n) is 4.93. The molecule has 1 aliphatic rings. The molecule has 0 radical (unpaired) electrons. The third-order valence-corrected chi connectivity index (χ3v) is 3.70. The molecular weight excluding hydrogens is 215 g/mol. The van der Waals surface area contributed by atoms with Gasteiger partial charge in [-0.15, -0.1) is 0 Å². The average Bonchev–Trinajstić information content (AvgIpc) is 2.33. The molecule has 0 saturated carbocycles. The van der Waals surface area contributed by atoms with Crippen molar-refractivity contribution in [2.45, 2.75) is 38.8 Å². The molecular formula is C14H21FN2. The number of nitrogens with zero attached hydrogens (tertiary/aromatic N) is 1. The fraction of sp³-hybridized carbons (Fsp3) is 0.571. The Hall–Kier alpha value is -0.930. The molecule has 0 aromatic heterocycles. The summed E-state index contributed by atoms with van der Waals surface area (Å²) < 4.78 is 13.0. The van der Waals surface area contributed by atoms with Crippen LogP contribution in [-0.4, -0.2) is 24.0 Å². The van der Waals surface area contributed by atoms with Gasteiger partial charge in [-0.3, -0.25) is 4.90 Å². The molecule has 2 nitrogen and oxygen atoms in total. The smallest absolute Gasteiger partial charge is 0.123 e. The van der Waals surface area contributed by atoms with Gasteiger partial charge in [0.05, 0.1) is 0 Å². The Bertz CT molecular complexity index is 378. The van der Waals surface area contributed by atoms with E-state index >= 15 is 0 Å². The summed E-state index contributed by atoms with van der Waals surface area (Å²) in [4.78, 5) is 2.43. The number of rotatable bonds is 3. The van der Waals surface area contributed by atoms with Crippen LogP contribution in [0, 0.1) is 12.7 Å². The van der Waals surface area contributed by atoms with Crippen molar-refractivity contribution < 1.29 is 4.39 Å². The van der Waals surface area contributed by atoms with Crippen LogP contribution in [0.2, 0.25) is 0 Å². The first-order chi connectivity index (χ1) is 8.20. The first kappa shape index (κ1) is 12.5. The lowest BCUT2D eigenvalue weighted by Gasteiger charge is -2.35. The lowest BCUT2D eigenvalue weighted by atomic mass is 10.00. The minimum Gasteiger partial charge on any atom is -0.329 e. The first-order valence-corrected chi connectivity index (χ1v) is 6.40. The molecule has 3 heteroatoms. The zero-order valence-electron chi connectivity index (χ0n) is 10.5. The zero-order chi connectivity index (χ0) is 12.3. The van der Waals surface area contributed by atoms with E-state index in [0.29, 0.717) is 6.04 Å². The van der Waals surface area contributed by atoms with E-state index in [2.05, 4.69) is 4.90 Å². The summed E-state index contributed by atoms with van der Waals surface area (Å²) in [6.45, 7) is 4.70. The zero-order valence-corrected chi connectivity index (χ0v) is 10.5. The second-order valence-corrected chi connectivity index (χ2v) is 4.93. The maximum absolute atomic E-state index is 13.0. The summed E-state index contributed by atoms with van der Waals surface area (Å²) in [6.07, 6.45) is 3.72. The fourth-order valence-corrected chi connectivity index (χ4v) is 2.59. The summed E-state index contributed by atoms with van der Waals surface area (Å²) in [5.41, 5.74) is 8.06. The third-order valence-electron chi connectivity index (χ3n) is 3.70. The maximum Gasteiger partial charge on any atom is 0.123 e. The molecule has 1 fully saturated rings. The quantitative estimate of drug-likeness (QED) is 0.873. The van der Waals surface area contributed by atoms with Crippen LogP contribution in [0.3, 0.4) is 0 Å². The number of halogens is 1. The highest BCUT2D eigenvalue weighted by Gasteiger charge is 2.21. The fourth-order valence-electron chi connectivity index (χ4n) is 2.59. The van der Waals surface area contributed by atoms with Crippen molar-refractivity contribution in [1.82, 2.24) is 4.90 Å². The third kappa shape index (κ3) is 3.05. The molecule has 2 N–H and O–H groups in total. The molecule has 94 valence electrons. The Morgan fingerprint density at radius 2 is 2.24 bits per heavy atom. The Morgan fingerprint density at radius 1 is 1.41 bits per heavy atom. The predicted octanol–water partition coefficient (Wildman–Crippen LogP) is 2.45. The molecule has 17 heavy (non-hydrogen) atoms. The summed E-state index contributed by atoms with van der Waals surface area (Å²) in [5, 5.41) is 0. The molecule has 1 atom stereocenters. The van der Waals surface area contributed by atoms with Crippen molar-refractivity contribution in [3.8, 4) is 0 Å². The van der Waals surface area contributed by atoms with Crippen molar-refractivity contribution >= 4 is 0 Å². The van der Waals surface area contributed by atoms with Crippen molar-refractivity contribution in [3.63, 3.8) is 0 Å². The van der Waals surface area contributed by atoms with E-state index in [4.69, 9.17) is 5.73 Å². The van der Waals surface area contributed by atoms with Crippen molar-refractivity contribution in [3.05, 3.63) is 35.1 Å². The number of hydrogen-bond acceptors (Lipinski definition) is 2. The predicted molar refractivity (Wildman–Crippen MR) is 68.2 cm³/mol. The lowest BCUT2D eigenvalue weighted by Crippen LogP contribution is -2.43. The van der Waals surface area contributed by atoms with E-state index in [1.54, 1.807) is 12.1 Å². The van der Waals surface area contributed by atoms with Crippen molar-refractivity contribution in [2.75, 3.05) is 13.1 Å². The van der Waals surface area contributed by atoms with Gasteiger partial charge in [-0.1, -0.05) is 12.5 Å². The van der Waals surface area contributed by atoms with Gasteiger partial charge in [-0.2, -0.15) is 0 Å². The minimum atomic E-state index is -0.153. The molecule has 1 heterocycles. The molecule has 1 aliphatic heterocycles. The van der Waals surface area contributed by atoms with Crippen LogP contribution < -0.4 is 5.73 Å². The molecule has 1 aromatic rings. The average molecular weight is 236 g/mol. The second kappa shape index (κ2) is 5.61. The monoisotopic (exact) mass is 236 g/mol. The van der Waals surface area contributed by atoms with Gasteiger partial charge in [-0.25, -0.2) is 4.39 Å². The molecule has 0 amide bonds. The van der Waals surface area contributed by atoms with E-state index in [1.807, 2.05) is 13.0 Å². The topological polar surface area (TPSA) is 29.3 Å². The van der Waals surface area contributed by atoms with Gasteiger partial charge in [0.2, 0.25) is 0 Å². The molecule has 1 aromatic carbocycles. The van der Waals surface area contributed by atoms with E-state index < -0.39 is 0 Å². The Morgan fingerprint density at radius 3 is 2.94 bits per heavy atom. The summed E-state index contributed by atoms with van der Waals surface area (Å²) >= 11 is 0. The summed E-state index contributed by atoms with van der Waals surface area (Å²) in [5.74, 6) is -0.153. The number of likely N-dealkylation sites (tertiary alicyclic amines) is 1. The molecule has 0 aliphatic carbocycles. The van der Waals surface area contributed by atoms with Gasteiger partial charge in [-0.05, 0) is 49.6 Å². The maximum atomic E-state index is 13.0. The normalized spacial score (nSPS) is 21.7. The molecule has 1 saturated heterocycles. The Balaban J connectivity index is 2.08. The van der Waals surface area contributed by atoms with Crippen LogP contribution >= 0.6 is 0 Å². The highest BCUT2D eigenvalue weighted by atomic mass is 19.1. The molecule has 1 unspecified atom stereocenters. The van der Waals surface area contributed by atoms with Crippen molar-refractivity contribution in [2.24, 2.45) is 5.73 Å². The van der Waals surface area contributed by atoms with Gasteiger partial charge < -0.3 is 5.73 Å². The largest absolute Gasteiger partial charge is 0.329 e. The van der Waals surface area contributed by atoms with E-state index in [9.17, 15) is 4.39 Å². The highest BCUT2D eigenvalue weighted by Crippen LogP contribution is 2.20. The molecule has 2 rings (SSSR count). The minimum absolute atomic E-state index is 0.153. The van der Waals surface area contributed by atoms with E-state index in [0.717, 1.165) is 25.2 Å². The number of benzene rings is 1. The van der Waals surface area contributed by atoms with Crippen LogP contribution in [0.15, 0.2) is 18.2 Å². The number of nitrogens with two attached hydrogens (primary N) is 1. The SMILES string of the molecule is Cc1cc(F)ccc1CN1CCCCC1CN. The van der Waals surface area contributed by atoms with Crippen LogP contribution in [0.4, 0.5) is 4.39 Å². The van der Waals surface area contributed by atoms with Gasteiger partial charge in [0.1, 0.15) is 5.82 Å². The first-order valence-electron chi connectivity index (χ1n) is 6.40. The summed E-state index contributed by atoms with van der Waals surface area (Å²) in [6, 6.07) is 5.54. The van der Waals surface area contributed by atoms with Gasteiger partial charge in [0, 0.05) is 19.1 Å². The van der Waals surface area contributed by atoms with E-state index in [1.165, 1.54) is 24.8 Å². The molecule has 0 bridgehead atoms. The Labute approximate surface area is 103 Å². The lowest BCUT2D eigenvalue weighted by molar-refractivity contribution is 0.144. The van der Waals surface area contributed by atoms with Crippen LogP contribution in [0.25, 0.3) is 0 Å². The van der Waals surface area contributed by atoms with Gasteiger partial charge >= 0.3 is 0 Å². The molecule has 0 spiro atoms. The highest BCUT2D eigenvalue weighted by molar-refractivity contribution is 5.26. The number of aryl methyl sites for hydroxylation is 1. The van der Waals surface area contributed by atoms with Crippen molar-refractivity contribution in [1.29, 1.82) is 0 Å². The summed E-state index contributed by atoms with van der Waals surface area (Å²) in [7, 11) is 0. The van der Waals surface area contributed by atoms with E-state index in [-0.39, 0.29) is 5.82 Å². The number of piperidine rings is 1. The Kier molecular flexibility index (Phi) is 4.13. The van der Waals surface area contributed by atoms with Crippen LogP contribution in [-0.2, 0) is 6.54 Å². The van der Waals surface area contributed by atoms with Crippen LogP contribution in [0.1, 0.15) is 30.4 Å². The van der Waals surface area contributed by atoms with Gasteiger partial charge in [0.25, 0.3) is 0 Å².